The highest BCUT2D eigenvalue weighted by Gasteiger charge is 2.38. The molecule has 0 bridgehead atoms. The number of nitrogens with one attached hydrogen (secondary N) is 2. The van der Waals surface area contributed by atoms with Gasteiger partial charge in [0.15, 0.2) is 17.9 Å². The molecule has 0 aliphatic carbocycles. The number of methoxy groups -OCH3 is 1. The molecule has 232 valence electrons. The quantitative estimate of drug-likeness (QED) is 0.198. The molecule has 3 rings (SSSR count). The highest BCUT2D eigenvalue weighted by molar-refractivity contribution is 5.84. The number of hydrogen-bond donors (Lipinski definition) is 2. The van der Waals surface area contributed by atoms with E-state index in [4.69, 9.17) is 4.74 Å². The third-order valence-electron chi connectivity index (χ3n) is 5.86. The summed E-state index contributed by atoms with van der Waals surface area (Å²) in [5, 5.41) is 7.14. The number of alkyl halides is 6. The first-order valence-electron chi connectivity index (χ1n) is 12.3. The van der Waals surface area contributed by atoms with E-state index in [1.54, 1.807) is 5.10 Å². The van der Waals surface area contributed by atoms with Crippen LogP contribution in [0.25, 0.3) is 17.5 Å². The highest BCUT2D eigenvalue weighted by Crippen LogP contribution is 2.32. The molecule has 2 heterocycles. The molecule has 0 aliphatic heterocycles. The number of nitrogens with zero attached hydrogens (tertiary/aromatic N) is 4. The molecule has 0 saturated carbocycles. The number of ether oxygens (including phenoxy) is 2. The minimum atomic E-state index is -5.12. The fourth-order valence-corrected chi connectivity index (χ4v) is 3.91. The molecule has 0 amide bonds. The number of H-pyrrole nitrogens is 1. The Bertz CT molecular complexity index is 1470. The lowest BCUT2D eigenvalue weighted by atomic mass is 10.0. The Morgan fingerprint density at radius 2 is 1.81 bits per heavy atom. The number of halogens is 7. The van der Waals surface area contributed by atoms with Gasteiger partial charge in [-0.25, -0.2) is 23.8 Å². The zero-order chi connectivity index (χ0) is 31.7. The predicted octanol–water partition coefficient (Wildman–Crippen LogP) is 4.56. The number of carbonyl (C=O) groups excluding carboxylic acids is 1. The number of benzene rings is 1. The van der Waals surface area contributed by atoms with Crippen LogP contribution in [0, 0.1) is 5.82 Å². The van der Waals surface area contributed by atoms with E-state index >= 15 is 4.39 Å². The van der Waals surface area contributed by atoms with Crippen molar-refractivity contribution in [2.75, 3.05) is 32.6 Å². The standard InChI is InChI=1S/C26H25F7N6O4/c1-39(4-3-14-5-19(20(28)6-15(14)12-40)23-34-8-18(42-2)9-35-23)11-16(27)7-17(13-43-25(29)30)37-21-10-36-38-24(41)22(21)26(31,32)33/h3-6,8-10,12,16-17,25H,7,11,13H2,1-2H3,(H2,37,38,41)/b4-3-. The van der Waals surface area contributed by atoms with Gasteiger partial charge in [0.25, 0.3) is 5.56 Å². The lowest BCUT2D eigenvalue weighted by Crippen LogP contribution is -2.35. The molecule has 1 aromatic carbocycles. The molecule has 0 aliphatic rings. The lowest BCUT2D eigenvalue weighted by Gasteiger charge is -2.25. The molecule has 2 aromatic heterocycles. The minimum absolute atomic E-state index is 0.0106. The molecule has 2 unspecified atom stereocenters. The summed E-state index contributed by atoms with van der Waals surface area (Å²) in [7, 11) is 2.83. The number of aromatic amines is 1. The van der Waals surface area contributed by atoms with Crippen LogP contribution < -0.4 is 15.6 Å². The summed E-state index contributed by atoms with van der Waals surface area (Å²) in [6, 6.07) is 0.871. The van der Waals surface area contributed by atoms with Crippen LogP contribution in [0.5, 0.6) is 5.75 Å². The van der Waals surface area contributed by atoms with Crippen LogP contribution in [0.15, 0.2) is 41.7 Å². The van der Waals surface area contributed by atoms with Crippen LogP contribution in [-0.2, 0) is 10.9 Å². The smallest absolute Gasteiger partial charge is 0.423 e. The van der Waals surface area contributed by atoms with Crippen molar-refractivity contribution in [3.8, 4) is 17.1 Å². The van der Waals surface area contributed by atoms with Gasteiger partial charge in [-0.05, 0) is 30.0 Å². The summed E-state index contributed by atoms with van der Waals surface area (Å²) in [6.45, 7) is -4.56. The van der Waals surface area contributed by atoms with E-state index in [2.05, 4.69) is 25.1 Å². The molecule has 3 aromatic rings. The van der Waals surface area contributed by atoms with Crippen LogP contribution in [0.4, 0.5) is 36.4 Å². The maximum absolute atomic E-state index is 15.0. The second-order valence-corrected chi connectivity index (χ2v) is 9.03. The van der Waals surface area contributed by atoms with Gasteiger partial charge in [-0.15, -0.1) is 0 Å². The molecule has 2 N–H and O–H groups in total. The number of aromatic nitrogens is 4. The van der Waals surface area contributed by atoms with Crippen molar-refractivity contribution in [2.45, 2.75) is 31.4 Å². The number of rotatable bonds is 14. The van der Waals surface area contributed by atoms with Crippen molar-refractivity contribution in [3.05, 3.63) is 69.8 Å². The molecular formula is C26H25F7N6O4. The van der Waals surface area contributed by atoms with Crippen molar-refractivity contribution < 1.29 is 45.0 Å². The SMILES string of the molecule is COc1cnc(-c2cc(/C=C\N(C)CC(F)CC(COC(F)F)Nc3cn[nH]c(=O)c3C(F)(F)F)c(C=O)cc2F)nc1. The Morgan fingerprint density at radius 3 is 2.42 bits per heavy atom. The first-order chi connectivity index (χ1) is 20.3. The van der Waals surface area contributed by atoms with Gasteiger partial charge < -0.3 is 19.7 Å². The average Bonchev–Trinajstić information content (AvgIpc) is 2.94. The molecule has 0 spiro atoms. The van der Waals surface area contributed by atoms with E-state index in [9.17, 15) is 35.9 Å². The van der Waals surface area contributed by atoms with Crippen molar-refractivity contribution in [3.63, 3.8) is 0 Å². The number of aldehydes is 1. The van der Waals surface area contributed by atoms with Gasteiger partial charge in [-0.2, -0.15) is 27.1 Å². The largest absolute Gasteiger partial charge is 0.494 e. The molecule has 43 heavy (non-hydrogen) atoms. The van der Waals surface area contributed by atoms with Crippen LogP contribution in [-0.4, -0.2) is 77.5 Å². The zero-order valence-electron chi connectivity index (χ0n) is 22.5. The number of anilines is 1. The maximum Gasteiger partial charge on any atom is 0.423 e. The topological polar surface area (TPSA) is 122 Å². The molecular weight excluding hydrogens is 593 g/mol. The van der Waals surface area contributed by atoms with Gasteiger partial charge >= 0.3 is 12.8 Å². The molecule has 17 heteroatoms. The van der Waals surface area contributed by atoms with Crippen LogP contribution in [0.3, 0.4) is 0 Å². The van der Waals surface area contributed by atoms with E-state index in [-0.39, 0.29) is 29.1 Å². The normalized spacial score (nSPS) is 13.3. The van der Waals surface area contributed by atoms with Gasteiger partial charge in [0.2, 0.25) is 0 Å². The number of carbonyl (C=O) groups is 1. The Labute approximate surface area is 239 Å². The first kappa shape index (κ1) is 33.0. The van der Waals surface area contributed by atoms with Crippen molar-refractivity contribution >= 4 is 18.0 Å². The monoisotopic (exact) mass is 618 g/mol. The Hall–Kier alpha value is -4.54. The van der Waals surface area contributed by atoms with Crippen molar-refractivity contribution in [1.82, 2.24) is 25.1 Å². The second-order valence-electron chi connectivity index (χ2n) is 9.03. The summed E-state index contributed by atoms with van der Waals surface area (Å²) >= 11 is 0. The van der Waals surface area contributed by atoms with Crippen LogP contribution in [0.2, 0.25) is 0 Å². The molecule has 0 saturated heterocycles. The molecule has 0 radical (unpaired) electrons. The second kappa shape index (κ2) is 14.6. The summed E-state index contributed by atoms with van der Waals surface area (Å²) in [5.74, 6) is -0.420. The van der Waals surface area contributed by atoms with Gasteiger partial charge in [-0.1, -0.05) is 0 Å². The van der Waals surface area contributed by atoms with Crippen molar-refractivity contribution in [1.29, 1.82) is 0 Å². The van der Waals surface area contributed by atoms with Crippen LogP contribution in [0.1, 0.15) is 27.9 Å². The fraction of sp³-hybridized carbons (Fsp3) is 0.346. The van der Waals surface area contributed by atoms with Crippen molar-refractivity contribution in [2.24, 2.45) is 0 Å². The molecule has 0 fully saturated rings. The van der Waals surface area contributed by atoms with E-state index < -0.39 is 60.7 Å². The van der Waals surface area contributed by atoms with Gasteiger partial charge in [-0.3, -0.25) is 9.59 Å². The summed E-state index contributed by atoms with van der Waals surface area (Å²) in [5.41, 5.74) is -3.90. The lowest BCUT2D eigenvalue weighted by molar-refractivity contribution is -0.138. The number of hydrogen-bond acceptors (Lipinski definition) is 9. The van der Waals surface area contributed by atoms with E-state index in [1.165, 1.54) is 49.8 Å². The van der Waals surface area contributed by atoms with Gasteiger partial charge in [0.1, 0.15) is 17.6 Å². The highest BCUT2D eigenvalue weighted by atomic mass is 19.4. The third-order valence-corrected chi connectivity index (χ3v) is 5.86. The predicted molar refractivity (Wildman–Crippen MR) is 140 cm³/mol. The van der Waals surface area contributed by atoms with Gasteiger partial charge in [0.05, 0.1) is 49.6 Å². The molecule has 10 nitrogen and oxygen atoms in total. The van der Waals surface area contributed by atoms with E-state index in [1.807, 2.05) is 0 Å². The van der Waals surface area contributed by atoms with Gasteiger partial charge in [0, 0.05) is 25.6 Å². The zero-order valence-corrected chi connectivity index (χ0v) is 22.5. The summed E-state index contributed by atoms with van der Waals surface area (Å²) < 4.78 is 104. The third kappa shape index (κ3) is 9.22. The minimum Gasteiger partial charge on any atom is -0.494 e. The molecule has 2 atom stereocenters. The Balaban J connectivity index is 1.75. The van der Waals surface area contributed by atoms with E-state index in [0.717, 1.165) is 6.07 Å². The average molecular weight is 619 g/mol. The summed E-state index contributed by atoms with van der Waals surface area (Å²) in [6.07, 6.45) is -1.10. The summed E-state index contributed by atoms with van der Waals surface area (Å²) in [4.78, 5) is 32.6. The first-order valence-corrected chi connectivity index (χ1v) is 12.3. The fourth-order valence-electron chi connectivity index (χ4n) is 3.91. The maximum atomic E-state index is 15.0. The Kier molecular flexibility index (Phi) is 11.2. The van der Waals surface area contributed by atoms with Crippen LogP contribution >= 0.6 is 0 Å². The Morgan fingerprint density at radius 1 is 1.12 bits per heavy atom. The van der Waals surface area contributed by atoms with E-state index in [0.29, 0.717) is 18.2 Å².